The van der Waals surface area contributed by atoms with Crippen molar-refractivity contribution < 1.29 is 4.79 Å². The van der Waals surface area contributed by atoms with Crippen LogP contribution in [-0.2, 0) is 11.2 Å². The Morgan fingerprint density at radius 1 is 1.42 bits per heavy atom. The summed E-state index contributed by atoms with van der Waals surface area (Å²) < 4.78 is 1.07. The van der Waals surface area contributed by atoms with Crippen molar-refractivity contribution in [3.63, 3.8) is 0 Å². The van der Waals surface area contributed by atoms with Crippen LogP contribution in [0.2, 0.25) is 0 Å². The first-order chi connectivity index (χ1) is 9.15. The fourth-order valence-electron chi connectivity index (χ4n) is 2.42. The van der Waals surface area contributed by atoms with E-state index in [4.69, 9.17) is 0 Å². The zero-order chi connectivity index (χ0) is 13.7. The van der Waals surface area contributed by atoms with Gasteiger partial charge in [0, 0.05) is 16.9 Å². The number of carbonyl (C=O) groups excluding carboxylic acids is 1. The standard InChI is InChI=1S/C15H21BrN2O/c1-11-10-17-9-8-14(11)18-15(19)7-4-12-2-5-13(16)6-3-12/h2-3,5-6,11,14,17H,4,7-10H2,1H3,(H,18,19). The Kier molecular flexibility index (Phi) is 5.40. The fraction of sp³-hybridized carbons (Fsp3) is 0.533. The number of hydrogen-bond acceptors (Lipinski definition) is 2. The second kappa shape index (κ2) is 7.06. The number of benzene rings is 1. The first-order valence-electron chi connectivity index (χ1n) is 6.89. The molecule has 1 amide bonds. The Labute approximate surface area is 123 Å². The van der Waals surface area contributed by atoms with E-state index in [0.29, 0.717) is 18.4 Å². The van der Waals surface area contributed by atoms with Crippen molar-refractivity contribution in [3.8, 4) is 0 Å². The van der Waals surface area contributed by atoms with Crippen molar-refractivity contribution in [2.75, 3.05) is 13.1 Å². The first kappa shape index (κ1) is 14.5. The van der Waals surface area contributed by atoms with Crippen molar-refractivity contribution in [3.05, 3.63) is 34.3 Å². The SMILES string of the molecule is CC1CNCCC1NC(=O)CCc1ccc(Br)cc1. The van der Waals surface area contributed by atoms with Gasteiger partial charge in [-0.25, -0.2) is 0 Å². The number of carbonyl (C=O) groups is 1. The van der Waals surface area contributed by atoms with Gasteiger partial charge in [0.05, 0.1) is 0 Å². The van der Waals surface area contributed by atoms with Crippen LogP contribution in [0.5, 0.6) is 0 Å². The number of piperidine rings is 1. The summed E-state index contributed by atoms with van der Waals surface area (Å²) in [6, 6.07) is 8.48. The highest BCUT2D eigenvalue weighted by molar-refractivity contribution is 9.10. The highest BCUT2D eigenvalue weighted by Gasteiger charge is 2.22. The van der Waals surface area contributed by atoms with Crippen molar-refractivity contribution >= 4 is 21.8 Å². The van der Waals surface area contributed by atoms with Gasteiger partial charge in [-0.2, -0.15) is 0 Å². The number of nitrogens with one attached hydrogen (secondary N) is 2. The molecule has 1 aromatic carbocycles. The minimum Gasteiger partial charge on any atom is -0.353 e. The Morgan fingerprint density at radius 3 is 2.84 bits per heavy atom. The van der Waals surface area contributed by atoms with Gasteiger partial charge in [-0.15, -0.1) is 0 Å². The fourth-order valence-corrected chi connectivity index (χ4v) is 2.68. The van der Waals surface area contributed by atoms with Crippen molar-refractivity contribution in [1.82, 2.24) is 10.6 Å². The molecule has 2 unspecified atom stereocenters. The number of hydrogen-bond donors (Lipinski definition) is 2. The molecule has 4 heteroatoms. The highest BCUT2D eigenvalue weighted by atomic mass is 79.9. The summed E-state index contributed by atoms with van der Waals surface area (Å²) in [4.78, 5) is 12.0. The average Bonchev–Trinajstić information content (AvgIpc) is 2.41. The summed E-state index contributed by atoms with van der Waals surface area (Å²) in [7, 11) is 0. The zero-order valence-electron chi connectivity index (χ0n) is 11.3. The molecule has 0 radical (unpaired) electrons. The zero-order valence-corrected chi connectivity index (χ0v) is 12.9. The normalized spacial score (nSPS) is 23.1. The lowest BCUT2D eigenvalue weighted by molar-refractivity contribution is -0.122. The van der Waals surface area contributed by atoms with Crippen LogP contribution < -0.4 is 10.6 Å². The highest BCUT2D eigenvalue weighted by Crippen LogP contribution is 2.13. The molecule has 2 atom stereocenters. The van der Waals surface area contributed by atoms with Gasteiger partial charge in [-0.3, -0.25) is 4.79 Å². The van der Waals surface area contributed by atoms with E-state index in [1.165, 1.54) is 5.56 Å². The third-order valence-corrected chi connectivity index (χ3v) is 4.21. The second-order valence-electron chi connectivity index (χ2n) is 5.27. The predicted octanol–water partition coefficient (Wildman–Crippen LogP) is 2.50. The maximum atomic E-state index is 12.0. The van der Waals surface area contributed by atoms with Crippen LogP contribution >= 0.6 is 15.9 Å². The van der Waals surface area contributed by atoms with Crippen LogP contribution in [0.3, 0.4) is 0 Å². The maximum Gasteiger partial charge on any atom is 0.220 e. The van der Waals surface area contributed by atoms with Crippen LogP contribution in [0.1, 0.15) is 25.3 Å². The van der Waals surface area contributed by atoms with Gasteiger partial charge in [0.1, 0.15) is 0 Å². The molecule has 0 saturated carbocycles. The number of amides is 1. The average molecular weight is 325 g/mol. The topological polar surface area (TPSA) is 41.1 Å². The van der Waals surface area contributed by atoms with Gasteiger partial charge in [0.15, 0.2) is 0 Å². The maximum absolute atomic E-state index is 12.0. The van der Waals surface area contributed by atoms with Crippen LogP contribution in [0.25, 0.3) is 0 Å². The molecule has 2 N–H and O–H groups in total. The van der Waals surface area contributed by atoms with Gasteiger partial charge < -0.3 is 10.6 Å². The molecule has 1 heterocycles. The Bertz CT molecular complexity index is 419. The Balaban J connectivity index is 1.76. The molecule has 1 aromatic rings. The third-order valence-electron chi connectivity index (χ3n) is 3.69. The third kappa shape index (κ3) is 4.62. The summed E-state index contributed by atoms with van der Waals surface area (Å²) in [5, 5.41) is 6.51. The summed E-state index contributed by atoms with van der Waals surface area (Å²) >= 11 is 3.41. The molecule has 0 aromatic heterocycles. The van der Waals surface area contributed by atoms with Gasteiger partial charge in [0.2, 0.25) is 5.91 Å². The van der Waals surface area contributed by atoms with Crippen LogP contribution in [0, 0.1) is 5.92 Å². The van der Waals surface area contributed by atoms with E-state index >= 15 is 0 Å². The summed E-state index contributed by atoms with van der Waals surface area (Å²) in [6.45, 7) is 4.19. The van der Waals surface area contributed by atoms with Crippen LogP contribution in [-0.4, -0.2) is 25.0 Å². The lowest BCUT2D eigenvalue weighted by Crippen LogP contribution is -2.48. The van der Waals surface area contributed by atoms with Crippen molar-refractivity contribution in [1.29, 1.82) is 0 Å². The Hall–Kier alpha value is -0.870. The van der Waals surface area contributed by atoms with Gasteiger partial charge in [0.25, 0.3) is 0 Å². The quantitative estimate of drug-likeness (QED) is 0.893. The minimum absolute atomic E-state index is 0.168. The summed E-state index contributed by atoms with van der Waals surface area (Å²) in [6.07, 6.45) is 2.40. The molecule has 0 spiro atoms. The Morgan fingerprint density at radius 2 is 2.16 bits per heavy atom. The van der Waals surface area contributed by atoms with Crippen molar-refractivity contribution in [2.24, 2.45) is 5.92 Å². The largest absolute Gasteiger partial charge is 0.353 e. The van der Waals surface area contributed by atoms with E-state index in [9.17, 15) is 4.79 Å². The number of rotatable bonds is 4. The summed E-state index contributed by atoms with van der Waals surface area (Å²) in [5.41, 5.74) is 1.21. The summed E-state index contributed by atoms with van der Waals surface area (Å²) in [5.74, 6) is 0.687. The molecular weight excluding hydrogens is 304 g/mol. The van der Waals surface area contributed by atoms with Crippen LogP contribution in [0.15, 0.2) is 28.7 Å². The molecule has 1 aliphatic rings. The van der Waals surface area contributed by atoms with Gasteiger partial charge in [-0.05, 0) is 49.5 Å². The molecule has 104 valence electrons. The van der Waals surface area contributed by atoms with Gasteiger partial charge >= 0.3 is 0 Å². The lowest BCUT2D eigenvalue weighted by atomic mass is 9.95. The molecule has 0 bridgehead atoms. The van der Waals surface area contributed by atoms with E-state index in [1.807, 2.05) is 12.1 Å². The second-order valence-corrected chi connectivity index (χ2v) is 6.19. The predicted molar refractivity (Wildman–Crippen MR) is 81.0 cm³/mol. The smallest absolute Gasteiger partial charge is 0.220 e. The monoisotopic (exact) mass is 324 g/mol. The molecule has 3 nitrogen and oxygen atoms in total. The van der Waals surface area contributed by atoms with Crippen LogP contribution in [0.4, 0.5) is 0 Å². The minimum atomic E-state index is 0.168. The lowest BCUT2D eigenvalue weighted by Gasteiger charge is -2.30. The van der Waals surface area contributed by atoms with E-state index in [-0.39, 0.29) is 5.91 Å². The number of aryl methyl sites for hydroxylation is 1. The number of halogens is 1. The molecule has 2 rings (SSSR count). The molecular formula is C15H21BrN2O. The molecule has 1 fully saturated rings. The van der Waals surface area contributed by atoms with E-state index in [0.717, 1.165) is 30.4 Å². The van der Waals surface area contributed by atoms with E-state index in [1.54, 1.807) is 0 Å². The molecule has 19 heavy (non-hydrogen) atoms. The molecule has 1 saturated heterocycles. The molecule has 1 aliphatic heterocycles. The molecule has 0 aliphatic carbocycles. The van der Waals surface area contributed by atoms with E-state index < -0.39 is 0 Å². The van der Waals surface area contributed by atoms with Gasteiger partial charge in [-0.1, -0.05) is 35.0 Å². The van der Waals surface area contributed by atoms with E-state index in [2.05, 4.69) is 45.6 Å². The van der Waals surface area contributed by atoms with Crippen molar-refractivity contribution in [2.45, 2.75) is 32.2 Å². The first-order valence-corrected chi connectivity index (χ1v) is 7.69.